The number of hydrogen-bond donors (Lipinski definition) is 2. The van der Waals surface area contributed by atoms with Crippen molar-refractivity contribution in [1.82, 2.24) is 10.9 Å². The van der Waals surface area contributed by atoms with Crippen LogP contribution in [0.4, 0.5) is 0 Å². The van der Waals surface area contributed by atoms with Crippen molar-refractivity contribution in [3.05, 3.63) is 35.9 Å². The smallest absolute Gasteiger partial charge is 0.265 e. The summed E-state index contributed by atoms with van der Waals surface area (Å²) < 4.78 is 0. The van der Waals surface area contributed by atoms with Crippen LogP contribution in [0.5, 0.6) is 0 Å². The number of amides is 1. The fourth-order valence-corrected chi connectivity index (χ4v) is 1.62. The van der Waals surface area contributed by atoms with E-state index >= 15 is 0 Å². The van der Waals surface area contributed by atoms with Gasteiger partial charge in [0.05, 0.1) is 0 Å². The zero-order valence-electron chi connectivity index (χ0n) is 10.5. The molecule has 0 aliphatic heterocycles. The number of unbranched alkanes of at least 4 members (excludes halogenated alkanes) is 4. The van der Waals surface area contributed by atoms with Crippen molar-refractivity contribution in [3.63, 3.8) is 0 Å². The third-order valence-corrected chi connectivity index (χ3v) is 2.64. The first-order valence-corrected chi connectivity index (χ1v) is 6.43. The van der Waals surface area contributed by atoms with Crippen molar-refractivity contribution < 1.29 is 4.79 Å². The van der Waals surface area contributed by atoms with Crippen molar-refractivity contribution in [2.45, 2.75) is 39.0 Å². The minimum atomic E-state index is -0.0702. The summed E-state index contributed by atoms with van der Waals surface area (Å²) in [7, 11) is 0. The van der Waals surface area contributed by atoms with Gasteiger partial charge in [0.2, 0.25) is 0 Å². The normalized spacial score (nSPS) is 10.2. The molecule has 94 valence electrons. The molecule has 0 aromatic heterocycles. The standard InChI is InChI=1S/C14H22N2O/c1-2-3-4-5-9-12-15-16-14(17)13-10-7-6-8-11-13/h6-8,10-11,15H,2-5,9,12H2,1H3,(H,16,17). The molecular weight excluding hydrogens is 212 g/mol. The Bertz CT molecular complexity index is 311. The monoisotopic (exact) mass is 234 g/mol. The fourth-order valence-electron chi connectivity index (χ4n) is 1.62. The molecule has 0 saturated heterocycles. The van der Waals surface area contributed by atoms with Gasteiger partial charge in [-0.15, -0.1) is 0 Å². The van der Waals surface area contributed by atoms with Crippen LogP contribution in [0.15, 0.2) is 30.3 Å². The lowest BCUT2D eigenvalue weighted by Gasteiger charge is -2.06. The van der Waals surface area contributed by atoms with Crippen molar-refractivity contribution in [2.24, 2.45) is 0 Å². The third kappa shape index (κ3) is 6.07. The Hall–Kier alpha value is -1.35. The van der Waals surface area contributed by atoms with Gasteiger partial charge in [0.25, 0.3) is 5.91 Å². The zero-order valence-corrected chi connectivity index (χ0v) is 10.5. The molecule has 0 atom stereocenters. The van der Waals surface area contributed by atoms with E-state index in [4.69, 9.17) is 0 Å². The summed E-state index contributed by atoms with van der Waals surface area (Å²) >= 11 is 0. The van der Waals surface area contributed by atoms with E-state index in [1.54, 1.807) is 12.1 Å². The average Bonchev–Trinajstić information content (AvgIpc) is 2.38. The molecule has 0 bridgehead atoms. The first kappa shape index (κ1) is 13.7. The maximum absolute atomic E-state index is 11.6. The van der Waals surface area contributed by atoms with Crippen LogP contribution in [0.2, 0.25) is 0 Å². The zero-order chi connectivity index (χ0) is 12.3. The Balaban J connectivity index is 2.05. The highest BCUT2D eigenvalue weighted by Gasteiger charge is 2.01. The highest BCUT2D eigenvalue weighted by atomic mass is 16.2. The molecule has 0 radical (unpaired) electrons. The second kappa shape index (κ2) is 8.76. The lowest BCUT2D eigenvalue weighted by Crippen LogP contribution is -2.37. The van der Waals surface area contributed by atoms with Gasteiger partial charge in [-0.3, -0.25) is 10.2 Å². The van der Waals surface area contributed by atoms with E-state index < -0.39 is 0 Å². The van der Waals surface area contributed by atoms with E-state index in [2.05, 4.69) is 17.8 Å². The van der Waals surface area contributed by atoms with E-state index in [-0.39, 0.29) is 5.91 Å². The molecule has 0 heterocycles. The molecule has 0 saturated carbocycles. The summed E-state index contributed by atoms with van der Waals surface area (Å²) in [4.78, 5) is 11.6. The predicted octanol–water partition coefficient (Wildman–Crippen LogP) is 2.89. The Morgan fingerprint density at radius 3 is 2.47 bits per heavy atom. The number of carbonyl (C=O) groups excluding carboxylic acids is 1. The Morgan fingerprint density at radius 2 is 1.76 bits per heavy atom. The van der Waals surface area contributed by atoms with Gasteiger partial charge in [-0.25, -0.2) is 5.43 Å². The Labute approximate surface area is 104 Å². The largest absolute Gasteiger partial charge is 0.287 e. The van der Waals surface area contributed by atoms with E-state index in [0.717, 1.165) is 13.0 Å². The van der Waals surface area contributed by atoms with E-state index in [0.29, 0.717) is 5.56 Å². The van der Waals surface area contributed by atoms with Crippen molar-refractivity contribution in [3.8, 4) is 0 Å². The second-order valence-electron chi connectivity index (χ2n) is 4.16. The molecule has 17 heavy (non-hydrogen) atoms. The topological polar surface area (TPSA) is 41.1 Å². The summed E-state index contributed by atoms with van der Waals surface area (Å²) in [6, 6.07) is 9.23. The summed E-state index contributed by atoms with van der Waals surface area (Å²) in [6.45, 7) is 3.04. The van der Waals surface area contributed by atoms with Crippen LogP contribution in [0, 0.1) is 0 Å². The molecule has 1 rings (SSSR count). The second-order valence-corrected chi connectivity index (χ2v) is 4.16. The van der Waals surface area contributed by atoms with Crippen molar-refractivity contribution in [1.29, 1.82) is 0 Å². The molecule has 2 N–H and O–H groups in total. The molecule has 1 aromatic carbocycles. The Kier molecular flexibility index (Phi) is 7.07. The van der Waals surface area contributed by atoms with Gasteiger partial charge in [0.15, 0.2) is 0 Å². The third-order valence-electron chi connectivity index (χ3n) is 2.64. The quantitative estimate of drug-likeness (QED) is 0.536. The highest BCUT2D eigenvalue weighted by Crippen LogP contribution is 2.01. The number of nitrogens with one attached hydrogen (secondary N) is 2. The van der Waals surface area contributed by atoms with Crippen LogP contribution < -0.4 is 10.9 Å². The number of hydrazine groups is 1. The summed E-state index contributed by atoms with van der Waals surface area (Å²) in [5.74, 6) is -0.0702. The van der Waals surface area contributed by atoms with E-state index in [1.807, 2.05) is 18.2 Å². The average molecular weight is 234 g/mol. The first-order chi connectivity index (χ1) is 8.34. The van der Waals surface area contributed by atoms with Crippen LogP contribution in [-0.4, -0.2) is 12.5 Å². The predicted molar refractivity (Wildman–Crippen MR) is 70.7 cm³/mol. The summed E-state index contributed by atoms with van der Waals surface area (Å²) in [5.41, 5.74) is 6.35. The van der Waals surface area contributed by atoms with Crippen molar-refractivity contribution in [2.75, 3.05) is 6.54 Å². The molecule has 0 spiro atoms. The molecule has 0 unspecified atom stereocenters. The molecule has 0 fully saturated rings. The fraction of sp³-hybridized carbons (Fsp3) is 0.500. The first-order valence-electron chi connectivity index (χ1n) is 6.43. The number of hydrogen-bond acceptors (Lipinski definition) is 2. The number of rotatable bonds is 8. The Morgan fingerprint density at radius 1 is 1.06 bits per heavy atom. The maximum atomic E-state index is 11.6. The molecule has 1 amide bonds. The number of benzene rings is 1. The van der Waals surface area contributed by atoms with Crippen LogP contribution in [0.3, 0.4) is 0 Å². The van der Waals surface area contributed by atoms with Gasteiger partial charge in [0, 0.05) is 12.1 Å². The number of carbonyl (C=O) groups is 1. The van der Waals surface area contributed by atoms with Gasteiger partial charge in [0.1, 0.15) is 0 Å². The molecular formula is C14H22N2O. The van der Waals surface area contributed by atoms with Crippen LogP contribution in [0.1, 0.15) is 49.4 Å². The minimum Gasteiger partial charge on any atom is -0.287 e. The molecule has 3 nitrogen and oxygen atoms in total. The summed E-state index contributed by atoms with van der Waals surface area (Å²) in [6.07, 6.45) is 6.18. The van der Waals surface area contributed by atoms with Gasteiger partial charge in [-0.05, 0) is 18.6 Å². The van der Waals surface area contributed by atoms with E-state index in [1.165, 1.54) is 25.7 Å². The van der Waals surface area contributed by atoms with Crippen LogP contribution in [0.25, 0.3) is 0 Å². The molecule has 0 aliphatic rings. The van der Waals surface area contributed by atoms with Crippen LogP contribution >= 0.6 is 0 Å². The molecule has 1 aromatic rings. The molecule has 3 heteroatoms. The van der Waals surface area contributed by atoms with Crippen molar-refractivity contribution >= 4 is 5.91 Å². The van der Waals surface area contributed by atoms with E-state index in [9.17, 15) is 4.79 Å². The highest BCUT2D eigenvalue weighted by molar-refractivity contribution is 5.93. The minimum absolute atomic E-state index is 0.0702. The molecule has 0 aliphatic carbocycles. The van der Waals surface area contributed by atoms with Crippen LogP contribution in [-0.2, 0) is 0 Å². The van der Waals surface area contributed by atoms with Gasteiger partial charge in [-0.2, -0.15) is 0 Å². The summed E-state index contributed by atoms with van der Waals surface area (Å²) in [5, 5.41) is 0. The lowest BCUT2D eigenvalue weighted by atomic mass is 10.2. The lowest BCUT2D eigenvalue weighted by molar-refractivity contribution is 0.0933. The van der Waals surface area contributed by atoms with Gasteiger partial charge in [-0.1, -0.05) is 50.8 Å². The van der Waals surface area contributed by atoms with Gasteiger partial charge < -0.3 is 0 Å². The van der Waals surface area contributed by atoms with Gasteiger partial charge >= 0.3 is 0 Å². The SMILES string of the molecule is CCCCCCCNNC(=O)c1ccccc1. The maximum Gasteiger partial charge on any atom is 0.265 e.